The maximum Gasteiger partial charge on any atom is 0.261 e. The third kappa shape index (κ3) is 4.66. The second-order valence-electron chi connectivity index (χ2n) is 7.29. The van der Waals surface area contributed by atoms with Gasteiger partial charge in [0, 0.05) is 0 Å². The van der Waals surface area contributed by atoms with Crippen LogP contribution in [0, 0.1) is 34.6 Å². The highest BCUT2D eigenvalue weighted by atomic mass is 16.5. The van der Waals surface area contributed by atoms with E-state index in [4.69, 9.17) is 4.74 Å². The molecule has 26 heavy (non-hydrogen) atoms. The second-order valence-corrected chi connectivity index (χ2v) is 7.29. The van der Waals surface area contributed by atoms with Gasteiger partial charge in [-0.1, -0.05) is 36.8 Å². The molecule has 2 atom stereocenters. The van der Waals surface area contributed by atoms with Gasteiger partial charge in [0.15, 0.2) is 6.10 Å². The van der Waals surface area contributed by atoms with E-state index in [0.717, 1.165) is 23.3 Å². The minimum atomic E-state index is -0.547. The number of carbonyl (C=O) groups excluding carboxylic acids is 1. The molecule has 0 heterocycles. The van der Waals surface area contributed by atoms with E-state index < -0.39 is 6.10 Å². The van der Waals surface area contributed by atoms with E-state index in [2.05, 4.69) is 57.3 Å². The molecule has 1 amide bonds. The Morgan fingerprint density at radius 1 is 1.00 bits per heavy atom. The highest BCUT2D eigenvalue weighted by Crippen LogP contribution is 2.25. The molecule has 0 aromatic heterocycles. The average molecular weight is 354 g/mol. The zero-order valence-electron chi connectivity index (χ0n) is 17.1. The first-order valence-electron chi connectivity index (χ1n) is 9.35. The first kappa shape index (κ1) is 20.0. The summed E-state index contributed by atoms with van der Waals surface area (Å²) >= 11 is 0. The van der Waals surface area contributed by atoms with Gasteiger partial charge in [0.05, 0.1) is 6.04 Å². The van der Waals surface area contributed by atoms with Gasteiger partial charge < -0.3 is 10.1 Å². The third-order valence-electron chi connectivity index (χ3n) is 4.96. The molecule has 0 unspecified atom stereocenters. The highest BCUT2D eigenvalue weighted by molar-refractivity contribution is 5.81. The first-order chi connectivity index (χ1) is 12.2. The number of nitrogens with one attached hydrogen (secondary N) is 1. The van der Waals surface area contributed by atoms with Crippen LogP contribution in [0.2, 0.25) is 0 Å². The molecule has 2 aromatic rings. The maximum absolute atomic E-state index is 12.7. The van der Waals surface area contributed by atoms with Crippen molar-refractivity contribution in [3.05, 3.63) is 63.7 Å². The van der Waals surface area contributed by atoms with E-state index in [9.17, 15) is 4.79 Å². The topological polar surface area (TPSA) is 38.3 Å². The zero-order valence-corrected chi connectivity index (χ0v) is 17.1. The van der Waals surface area contributed by atoms with Crippen molar-refractivity contribution in [2.24, 2.45) is 0 Å². The Balaban J connectivity index is 2.12. The van der Waals surface area contributed by atoms with Crippen molar-refractivity contribution >= 4 is 5.91 Å². The van der Waals surface area contributed by atoms with Crippen LogP contribution in [0.1, 0.15) is 59.7 Å². The fourth-order valence-corrected chi connectivity index (χ4v) is 3.27. The van der Waals surface area contributed by atoms with Crippen LogP contribution in [-0.4, -0.2) is 12.0 Å². The average Bonchev–Trinajstić information content (AvgIpc) is 2.57. The Kier molecular flexibility index (Phi) is 6.47. The molecule has 140 valence electrons. The number of amides is 1. The van der Waals surface area contributed by atoms with Gasteiger partial charge in [-0.2, -0.15) is 0 Å². The number of aryl methyl sites for hydroxylation is 4. The van der Waals surface area contributed by atoms with Gasteiger partial charge in [0.1, 0.15) is 5.75 Å². The van der Waals surface area contributed by atoms with E-state index in [-0.39, 0.29) is 11.9 Å². The smallest absolute Gasteiger partial charge is 0.261 e. The van der Waals surface area contributed by atoms with E-state index in [1.165, 1.54) is 22.3 Å². The van der Waals surface area contributed by atoms with Crippen LogP contribution in [0.3, 0.4) is 0 Å². The molecule has 0 saturated carbocycles. The predicted octanol–water partition coefficient (Wildman–Crippen LogP) is 5.26. The molecule has 1 N–H and O–H groups in total. The number of hydrogen-bond donors (Lipinski definition) is 1. The van der Waals surface area contributed by atoms with Gasteiger partial charge in [0.25, 0.3) is 5.91 Å². The van der Waals surface area contributed by atoms with Crippen LogP contribution in [0.15, 0.2) is 30.3 Å². The molecule has 3 nitrogen and oxygen atoms in total. The Hall–Kier alpha value is -2.29. The lowest BCUT2D eigenvalue weighted by molar-refractivity contribution is -0.128. The number of ether oxygens (including phenoxy) is 1. The predicted molar refractivity (Wildman–Crippen MR) is 108 cm³/mol. The summed E-state index contributed by atoms with van der Waals surface area (Å²) < 4.78 is 5.99. The molecule has 0 saturated heterocycles. The molecule has 2 rings (SSSR count). The molecular weight excluding hydrogens is 322 g/mol. The number of carbonyl (C=O) groups is 1. The van der Waals surface area contributed by atoms with Gasteiger partial charge in [-0.25, -0.2) is 0 Å². The van der Waals surface area contributed by atoms with Crippen molar-refractivity contribution in [2.75, 3.05) is 0 Å². The lowest BCUT2D eigenvalue weighted by Gasteiger charge is -2.23. The Bertz CT molecular complexity index is 795. The minimum absolute atomic E-state index is 0.00510. The normalized spacial score (nSPS) is 13.2. The lowest BCUT2D eigenvalue weighted by Crippen LogP contribution is -2.38. The SMILES string of the molecule is CC[C@H](NC(=O)[C@H](C)Oc1cc(C)cc(C)c1C)c1ccc(C)cc1C. The molecule has 0 fully saturated rings. The summed E-state index contributed by atoms with van der Waals surface area (Å²) in [5, 5.41) is 3.15. The second kappa shape index (κ2) is 8.39. The fourth-order valence-electron chi connectivity index (χ4n) is 3.27. The van der Waals surface area contributed by atoms with Crippen LogP contribution in [-0.2, 0) is 4.79 Å². The van der Waals surface area contributed by atoms with Crippen molar-refractivity contribution in [3.63, 3.8) is 0 Å². The summed E-state index contributed by atoms with van der Waals surface area (Å²) in [5.74, 6) is 0.695. The summed E-state index contributed by atoms with van der Waals surface area (Å²) in [6, 6.07) is 10.5. The van der Waals surface area contributed by atoms with Crippen molar-refractivity contribution in [3.8, 4) is 5.75 Å². The molecular formula is C23H31NO2. The van der Waals surface area contributed by atoms with E-state index >= 15 is 0 Å². The van der Waals surface area contributed by atoms with E-state index in [1.807, 2.05) is 19.9 Å². The zero-order chi connectivity index (χ0) is 19.4. The summed E-state index contributed by atoms with van der Waals surface area (Å²) in [7, 11) is 0. The summed E-state index contributed by atoms with van der Waals surface area (Å²) in [6.45, 7) is 14.2. The van der Waals surface area contributed by atoms with Crippen LogP contribution in [0.4, 0.5) is 0 Å². The molecule has 0 aliphatic heterocycles. The number of rotatable bonds is 6. The molecule has 0 bridgehead atoms. The highest BCUT2D eigenvalue weighted by Gasteiger charge is 2.21. The largest absolute Gasteiger partial charge is 0.481 e. The standard InChI is InChI=1S/C23H31NO2/c1-8-21(20-10-9-14(2)11-17(20)5)24-23(25)19(7)26-22-13-15(3)12-16(4)18(22)6/h9-13,19,21H,8H2,1-7H3,(H,24,25)/t19-,21-/m0/s1. The van der Waals surface area contributed by atoms with Gasteiger partial charge in [-0.05, 0) is 81.8 Å². The Labute approximate surface area is 157 Å². The van der Waals surface area contributed by atoms with Crippen LogP contribution < -0.4 is 10.1 Å². The fraction of sp³-hybridized carbons (Fsp3) is 0.435. The van der Waals surface area contributed by atoms with Crippen LogP contribution in [0.25, 0.3) is 0 Å². The molecule has 0 aliphatic carbocycles. The van der Waals surface area contributed by atoms with Crippen molar-refractivity contribution < 1.29 is 9.53 Å². The van der Waals surface area contributed by atoms with Crippen molar-refractivity contribution in [2.45, 2.75) is 67.0 Å². The third-order valence-corrected chi connectivity index (χ3v) is 4.96. The summed E-state index contributed by atoms with van der Waals surface area (Å²) in [5.41, 5.74) is 7.00. The van der Waals surface area contributed by atoms with E-state index in [0.29, 0.717) is 0 Å². The summed E-state index contributed by atoms with van der Waals surface area (Å²) in [4.78, 5) is 12.7. The quantitative estimate of drug-likeness (QED) is 0.769. The van der Waals surface area contributed by atoms with Crippen molar-refractivity contribution in [1.29, 1.82) is 0 Å². The molecule has 0 spiro atoms. The number of hydrogen-bond acceptors (Lipinski definition) is 2. The van der Waals surface area contributed by atoms with Gasteiger partial charge in [-0.15, -0.1) is 0 Å². The van der Waals surface area contributed by atoms with Crippen LogP contribution >= 0.6 is 0 Å². The Morgan fingerprint density at radius 3 is 2.27 bits per heavy atom. The van der Waals surface area contributed by atoms with Crippen molar-refractivity contribution in [1.82, 2.24) is 5.32 Å². The lowest BCUT2D eigenvalue weighted by atomic mass is 9.97. The summed E-state index contributed by atoms with van der Waals surface area (Å²) in [6.07, 6.45) is 0.292. The monoisotopic (exact) mass is 353 g/mol. The van der Waals surface area contributed by atoms with Gasteiger partial charge in [-0.3, -0.25) is 4.79 Å². The Morgan fingerprint density at radius 2 is 1.65 bits per heavy atom. The minimum Gasteiger partial charge on any atom is -0.481 e. The van der Waals surface area contributed by atoms with Gasteiger partial charge >= 0.3 is 0 Å². The van der Waals surface area contributed by atoms with Gasteiger partial charge in [0.2, 0.25) is 0 Å². The maximum atomic E-state index is 12.7. The molecule has 0 aliphatic rings. The molecule has 0 radical (unpaired) electrons. The molecule has 3 heteroatoms. The van der Waals surface area contributed by atoms with E-state index in [1.54, 1.807) is 6.92 Å². The number of benzene rings is 2. The molecule has 2 aromatic carbocycles. The first-order valence-corrected chi connectivity index (χ1v) is 9.35. The van der Waals surface area contributed by atoms with Crippen LogP contribution in [0.5, 0.6) is 5.75 Å².